The molecule has 7 nitrogen and oxygen atoms in total. The van der Waals surface area contributed by atoms with E-state index in [-0.39, 0.29) is 18.4 Å². The Morgan fingerprint density at radius 1 is 1.69 bits per heavy atom. The van der Waals surface area contributed by atoms with Crippen molar-refractivity contribution in [3.8, 4) is 0 Å². The molecule has 0 saturated heterocycles. The standard InChI is InChI=1S/C9H15N5O2/c10-8-12-6-14(13-8)4-7(15)11-5-9(16)2-1-3-9/h6,16H,1-5H2,(H2,10,13)(H,11,15). The predicted molar refractivity (Wildman–Crippen MR) is 56.2 cm³/mol. The van der Waals surface area contributed by atoms with Crippen LogP contribution in [0.25, 0.3) is 0 Å². The van der Waals surface area contributed by atoms with Crippen LogP contribution in [-0.4, -0.2) is 37.9 Å². The number of amides is 1. The Morgan fingerprint density at radius 2 is 2.44 bits per heavy atom. The summed E-state index contributed by atoms with van der Waals surface area (Å²) < 4.78 is 1.36. The lowest BCUT2D eigenvalue weighted by Gasteiger charge is -2.36. The van der Waals surface area contributed by atoms with Gasteiger partial charge in [0.2, 0.25) is 11.9 Å². The number of nitrogens with zero attached hydrogens (tertiary/aromatic N) is 3. The van der Waals surface area contributed by atoms with Gasteiger partial charge in [0.25, 0.3) is 0 Å². The summed E-state index contributed by atoms with van der Waals surface area (Å²) in [5.41, 5.74) is 4.62. The minimum Gasteiger partial charge on any atom is -0.388 e. The van der Waals surface area contributed by atoms with Gasteiger partial charge in [-0.05, 0) is 19.3 Å². The van der Waals surface area contributed by atoms with Crippen molar-refractivity contribution in [2.45, 2.75) is 31.4 Å². The fourth-order valence-corrected chi connectivity index (χ4v) is 1.61. The number of carbonyl (C=O) groups excluding carboxylic acids is 1. The van der Waals surface area contributed by atoms with E-state index in [0.717, 1.165) is 19.3 Å². The molecule has 1 aliphatic rings. The minimum atomic E-state index is -0.697. The Hall–Kier alpha value is -1.63. The molecule has 1 aromatic heterocycles. The summed E-state index contributed by atoms with van der Waals surface area (Å²) in [6.45, 7) is 0.371. The molecule has 1 heterocycles. The number of aromatic nitrogens is 3. The maximum atomic E-state index is 11.5. The minimum absolute atomic E-state index is 0.0697. The highest BCUT2D eigenvalue weighted by molar-refractivity contribution is 5.75. The lowest BCUT2D eigenvalue weighted by atomic mass is 9.80. The van der Waals surface area contributed by atoms with Crippen LogP contribution in [0.15, 0.2) is 6.33 Å². The molecular weight excluding hydrogens is 210 g/mol. The zero-order valence-corrected chi connectivity index (χ0v) is 8.89. The van der Waals surface area contributed by atoms with Crippen LogP contribution in [0.2, 0.25) is 0 Å². The van der Waals surface area contributed by atoms with E-state index in [1.54, 1.807) is 0 Å². The summed E-state index contributed by atoms with van der Waals surface area (Å²) in [6.07, 6.45) is 3.92. The molecule has 1 saturated carbocycles. The van der Waals surface area contributed by atoms with Crippen LogP contribution in [0.1, 0.15) is 19.3 Å². The molecule has 2 rings (SSSR count). The van der Waals surface area contributed by atoms with E-state index in [0.29, 0.717) is 6.54 Å². The molecule has 0 spiro atoms. The maximum Gasteiger partial charge on any atom is 0.241 e. The number of anilines is 1. The smallest absolute Gasteiger partial charge is 0.241 e. The van der Waals surface area contributed by atoms with E-state index in [1.165, 1.54) is 11.0 Å². The van der Waals surface area contributed by atoms with Gasteiger partial charge in [-0.1, -0.05) is 0 Å². The molecule has 0 bridgehead atoms. The topological polar surface area (TPSA) is 106 Å². The van der Waals surface area contributed by atoms with E-state index >= 15 is 0 Å². The highest BCUT2D eigenvalue weighted by Gasteiger charge is 2.34. The normalized spacial score (nSPS) is 17.8. The Kier molecular flexibility index (Phi) is 2.78. The maximum absolute atomic E-state index is 11.5. The van der Waals surface area contributed by atoms with Crippen molar-refractivity contribution in [3.05, 3.63) is 6.33 Å². The van der Waals surface area contributed by atoms with E-state index in [1.807, 2.05) is 0 Å². The highest BCUT2D eigenvalue weighted by Crippen LogP contribution is 2.30. The van der Waals surface area contributed by atoms with Crippen LogP contribution in [0, 0.1) is 0 Å². The summed E-state index contributed by atoms with van der Waals surface area (Å²) in [6, 6.07) is 0. The van der Waals surface area contributed by atoms with Crippen LogP contribution in [-0.2, 0) is 11.3 Å². The molecule has 0 unspecified atom stereocenters. The zero-order valence-electron chi connectivity index (χ0n) is 8.89. The average Bonchev–Trinajstić information content (AvgIpc) is 2.58. The first-order valence-corrected chi connectivity index (χ1v) is 5.21. The Bertz CT molecular complexity index is 385. The number of rotatable bonds is 4. The fourth-order valence-electron chi connectivity index (χ4n) is 1.61. The number of aliphatic hydroxyl groups is 1. The van der Waals surface area contributed by atoms with Gasteiger partial charge < -0.3 is 16.2 Å². The summed E-state index contributed by atoms with van der Waals surface area (Å²) in [4.78, 5) is 15.2. The Labute approximate surface area is 92.7 Å². The second kappa shape index (κ2) is 4.09. The van der Waals surface area contributed by atoms with Crippen molar-refractivity contribution in [1.29, 1.82) is 0 Å². The van der Waals surface area contributed by atoms with Crippen LogP contribution in [0.3, 0.4) is 0 Å². The molecular formula is C9H15N5O2. The SMILES string of the molecule is Nc1ncn(CC(=O)NCC2(O)CCC2)n1. The van der Waals surface area contributed by atoms with Gasteiger partial charge in [-0.3, -0.25) is 4.79 Å². The van der Waals surface area contributed by atoms with Gasteiger partial charge in [0.15, 0.2) is 0 Å². The van der Waals surface area contributed by atoms with Gasteiger partial charge >= 0.3 is 0 Å². The van der Waals surface area contributed by atoms with E-state index in [4.69, 9.17) is 5.73 Å². The van der Waals surface area contributed by atoms with Crippen molar-refractivity contribution < 1.29 is 9.90 Å². The van der Waals surface area contributed by atoms with Crippen molar-refractivity contribution in [2.24, 2.45) is 0 Å². The molecule has 1 amide bonds. The first-order chi connectivity index (χ1) is 7.57. The molecule has 0 aliphatic heterocycles. The molecule has 0 radical (unpaired) electrons. The van der Waals surface area contributed by atoms with E-state index in [2.05, 4.69) is 15.4 Å². The quantitative estimate of drug-likeness (QED) is 0.602. The van der Waals surface area contributed by atoms with Crippen molar-refractivity contribution in [1.82, 2.24) is 20.1 Å². The average molecular weight is 225 g/mol. The lowest BCUT2D eigenvalue weighted by molar-refractivity contribution is -0.124. The largest absolute Gasteiger partial charge is 0.388 e. The molecule has 0 atom stereocenters. The molecule has 16 heavy (non-hydrogen) atoms. The van der Waals surface area contributed by atoms with Gasteiger partial charge in [-0.2, -0.15) is 0 Å². The van der Waals surface area contributed by atoms with Crippen LogP contribution < -0.4 is 11.1 Å². The third-order valence-electron chi connectivity index (χ3n) is 2.76. The van der Waals surface area contributed by atoms with Gasteiger partial charge in [-0.25, -0.2) is 9.67 Å². The third-order valence-corrected chi connectivity index (χ3v) is 2.76. The second-order valence-corrected chi connectivity index (χ2v) is 4.15. The van der Waals surface area contributed by atoms with Gasteiger partial charge in [0, 0.05) is 6.54 Å². The van der Waals surface area contributed by atoms with Crippen LogP contribution >= 0.6 is 0 Å². The summed E-state index contributed by atoms with van der Waals surface area (Å²) in [5, 5.41) is 16.2. The first-order valence-electron chi connectivity index (χ1n) is 5.21. The van der Waals surface area contributed by atoms with Crippen LogP contribution in [0.5, 0.6) is 0 Å². The van der Waals surface area contributed by atoms with Crippen molar-refractivity contribution in [3.63, 3.8) is 0 Å². The summed E-state index contributed by atoms with van der Waals surface area (Å²) >= 11 is 0. The summed E-state index contributed by atoms with van der Waals surface area (Å²) in [7, 11) is 0. The first kappa shape index (κ1) is 10.9. The number of hydrogen-bond donors (Lipinski definition) is 3. The Morgan fingerprint density at radius 3 is 2.94 bits per heavy atom. The molecule has 1 aliphatic carbocycles. The Balaban J connectivity index is 1.76. The van der Waals surface area contributed by atoms with Crippen LogP contribution in [0.4, 0.5) is 5.95 Å². The molecule has 0 aromatic carbocycles. The molecule has 1 fully saturated rings. The third kappa shape index (κ3) is 2.48. The number of nitrogen functional groups attached to an aromatic ring is 1. The monoisotopic (exact) mass is 225 g/mol. The highest BCUT2D eigenvalue weighted by atomic mass is 16.3. The molecule has 88 valence electrons. The second-order valence-electron chi connectivity index (χ2n) is 4.15. The van der Waals surface area contributed by atoms with Crippen molar-refractivity contribution in [2.75, 3.05) is 12.3 Å². The van der Waals surface area contributed by atoms with Crippen molar-refractivity contribution >= 4 is 11.9 Å². The zero-order chi connectivity index (χ0) is 11.6. The molecule has 1 aromatic rings. The fraction of sp³-hybridized carbons (Fsp3) is 0.667. The van der Waals surface area contributed by atoms with E-state index in [9.17, 15) is 9.90 Å². The van der Waals surface area contributed by atoms with Gasteiger partial charge in [0.1, 0.15) is 12.9 Å². The van der Waals surface area contributed by atoms with E-state index < -0.39 is 5.60 Å². The van der Waals surface area contributed by atoms with Gasteiger partial charge in [0.05, 0.1) is 5.60 Å². The number of carbonyl (C=O) groups is 1. The predicted octanol–water partition coefficient (Wildman–Crippen LogP) is -1.11. The molecule has 4 N–H and O–H groups in total. The number of nitrogens with one attached hydrogen (secondary N) is 1. The number of hydrogen-bond acceptors (Lipinski definition) is 5. The number of nitrogens with two attached hydrogens (primary N) is 1. The van der Waals surface area contributed by atoms with Gasteiger partial charge in [-0.15, -0.1) is 5.10 Å². The molecule has 7 heteroatoms. The summed E-state index contributed by atoms with van der Waals surface area (Å²) in [5.74, 6) is -0.0596. The lowest BCUT2D eigenvalue weighted by Crippen LogP contribution is -2.48.